The quantitative estimate of drug-likeness (QED) is 0.727. The highest BCUT2D eigenvalue weighted by molar-refractivity contribution is 9.10. The van der Waals surface area contributed by atoms with Crippen LogP contribution in [-0.2, 0) is 5.60 Å². The highest BCUT2D eigenvalue weighted by Crippen LogP contribution is 2.53. The van der Waals surface area contributed by atoms with Crippen molar-refractivity contribution in [2.24, 2.45) is 0 Å². The van der Waals surface area contributed by atoms with Gasteiger partial charge in [-0.2, -0.15) is 22.0 Å². The van der Waals surface area contributed by atoms with Crippen molar-refractivity contribution in [1.29, 1.82) is 0 Å². The molecule has 0 heterocycles. The fourth-order valence-electron chi connectivity index (χ4n) is 2.35. The van der Waals surface area contributed by atoms with Gasteiger partial charge in [0.25, 0.3) is 0 Å². The molecule has 0 radical (unpaired) electrons. The van der Waals surface area contributed by atoms with E-state index in [2.05, 4.69) is 15.9 Å². The van der Waals surface area contributed by atoms with E-state index in [4.69, 9.17) is 4.74 Å². The fourth-order valence-corrected chi connectivity index (χ4v) is 2.61. The number of hydrogen-bond donors (Lipinski definition) is 1. The van der Waals surface area contributed by atoms with Crippen LogP contribution in [0.2, 0.25) is 0 Å². The summed E-state index contributed by atoms with van der Waals surface area (Å²) < 4.78 is 73.2. The van der Waals surface area contributed by atoms with E-state index in [9.17, 15) is 27.1 Å². The molecule has 0 bridgehead atoms. The predicted molar refractivity (Wildman–Crippen MR) is 81.1 cm³/mol. The lowest BCUT2D eigenvalue weighted by atomic mass is 9.80. The maximum absolute atomic E-state index is 14.3. The monoisotopic (exact) mass is 410 g/mol. The van der Waals surface area contributed by atoms with Crippen LogP contribution in [0.3, 0.4) is 0 Å². The van der Waals surface area contributed by atoms with Gasteiger partial charge in [-0.1, -0.05) is 46.3 Å². The van der Waals surface area contributed by atoms with Gasteiger partial charge < -0.3 is 9.84 Å². The van der Waals surface area contributed by atoms with Crippen LogP contribution in [0, 0.1) is 0 Å². The van der Waals surface area contributed by atoms with Gasteiger partial charge in [-0.25, -0.2) is 0 Å². The molecule has 2 aromatic carbocycles. The molecule has 0 aliphatic heterocycles. The van der Waals surface area contributed by atoms with Crippen LogP contribution in [-0.4, -0.2) is 24.3 Å². The van der Waals surface area contributed by atoms with Crippen molar-refractivity contribution in [3.05, 3.63) is 64.1 Å². The minimum absolute atomic E-state index is 0.285. The van der Waals surface area contributed by atoms with Crippen LogP contribution in [0.25, 0.3) is 0 Å². The van der Waals surface area contributed by atoms with Crippen LogP contribution in [0.5, 0.6) is 5.75 Å². The molecule has 0 fully saturated rings. The second-order valence-electron chi connectivity index (χ2n) is 4.99. The Labute approximate surface area is 143 Å². The van der Waals surface area contributed by atoms with Crippen molar-refractivity contribution in [3.8, 4) is 5.75 Å². The molecule has 24 heavy (non-hydrogen) atoms. The molecule has 0 aliphatic carbocycles. The van der Waals surface area contributed by atoms with Crippen molar-refractivity contribution in [1.82, 2.24) is 0 Å². The third-order valence-electron chi connectivity index (χ3n) is 3.57. The van der Waals surface area contributed by atoms with Gasteiger partial charge in [0.1, 0.15) is 5.75 Å². The number of benzene rings is 2. The van der Waals surface area contributed by atoms with Gasteiger partial charge in [0.2, 0.25) is 0 Å². The normalized spacial score (nSPS) is 15.0. The molecule has 2 nitrogen and oxygen atoms in total. The molecule has 1 atom stereocenters. The van der Waals surface area contributed by atoms with Gasteiger partial charge >= 0.3 is 12.1 Å². The number of para-hydroxylation sites is 1. The summed E-state index contributed by atoms with van der Waals surface area (Å²) in [6.07, 6.45) is -5.98. The molecule has 2 aromatic rings. The number of halogens is 6. The Bertz CT molecular complexity index is 715. The molecule has 2 rings (SSSR count). The topological polar surface area (TPSA) is 29.5 Å². The Kier molecular flexibility index (Phi) is 4.92. The molecule has 0 spiro atoms. The van der Waals surface area contributed by atoms with Crippen molar-refractivity contribution in [2.75, 3.05) is 7.11 Å². The van der Waals surface area contributed by atoms with Gasteiger partial charge in [-0.3, -0.25) is 0 Å². The van der Waals surface area contributed by atoms with Crippen molar-refractivity contribution in [2.45, 2.75) is 17.7 Å². The lowest BCUT2D eigenvalue weighted by molar-refractivity contribution is -0.336. The van der Waals surface area contributed by atoms with Crippen LogP contribution < -0.4 is 4.74 Å². The Morgan fingerprint density at radius 3 is 1.96 bits per heavy atom. The number of hydrogen-bond acceptors (Lipinski definition) is 2. The zero-order chi connectivity index (χ0) is 18.2. The molecular formula is C16H12BrF5O2. The van der Waals surface area contributed by atoms with E-state index in [0.29, 0.717) is 4.47 Å². The smallest absolute Gasteiger partial charge is 0.457 e. The number of aliphatic hydroxyl groups is 1. The van der Waals surface area contributed by atoms with Gasteiger partial charge in [0, 0.05) is 10.0 Å². The molecule has 0 aliphatic rings. The highest BCUT2D eigenvalue weighted by Gasteiger charge is 2.71. The number of ether oxygens (including phenoxy) is 1. The third-order valence-corrected chi connectivity index (χ3v) is 4.10. The second-order valence-corrected chi connectivity index (χ2v) is 5.91. The second kappa shape index (κ2) is 6.33. The first-order chi connectivity index (χ1) is 11.1. The molecule has 1 N–H and O–H groups in total. The van der Waals surface area contributed by atoms with E-state index in [1.807, 2.05) is 0 Å². The minimum Gasteiger partial charge on any atom is -0.496 e. The van der Waals surface area contributed by atoms with Crippen LogP contribution in [0.1, 0.15) is 11.1 Å². The van der Waals surface area contributed by atoms with Crippen molar-refractivity contribution in [3.63, 3.8) is 0 Å². The molecule has 8 heteroatoms. The molecule has 0 saturated heterocycles. The van der Waals surface area contributed by atoms with Crippen molar-refractivity contribution < 1.29 is 31.8 Å². The molecule has 0 aromatic heterocycles. The SMILES string of the molecule is COc1ccccc1C(O)(c1ccc(Br)cc1)C(F)(F)C(F)(F)F. The van der Waals surface area contributed by atoms with Gasteiger partial charge in [-0.05, 0) is 23.8 Å². The Balaban J connectivity index is 2.82. The molecular weight excluding hydrogens is 399 g/mol. The first-order valence-electron chi connectivity index (χ1n) is 6.62. The maximum Gasteiger partial charge on any atom is 0.457 e. The van der Waals surface area contributed by atoms with Crippen LogP contribution >= 0.6 is 15.9 Å². The van der Waals surface area contributed by atoms with Gasteiger partial charge in [0.15, 0.2) is 5.60 Å². The standard InChI is InChI=1S/C16H12BrF5O2/c1-24-13-5-3-2-4-12(13)14(23,15(18,19)16(20,21)22)10-6-8-11(17)9-7-10/h2-9,23H,1H3. The first kappa shape index (κ1) is 18.7. The maximum atomic E-state index is 14.3. The molecule has 0 amide bonds. The molecule has 0 saturated carbocycles. The van der Waals surface area contributed by atoms with Crippen LogP contribution in [0.15, 0.2) is 53.0 Å². The zero-order valence-corrected chi connectivity index (χ0v) is 13.8. The average molecular weight is 411 g/mol. The molecule has 130 valence electrons. The summed E-state index contributed by atoms with van der Waals surface area (Å²) in [5.74, 6) is -5.74. The van der Waals surface area contributed by atoms with Crippen molar-refractivity contribution >= 4 is 15.9 Å². The third kappa shape index (κ3) is 2.88. The Morgan fingerprint density at radius 2 is 1.46 bits per heavy atom. The summed E-state index contributed by atoms with van der Waals surface area (Å²) in [6.45, 7) is 0. The summed E-state index contributed by atoms with van der Waals surface area (Å²) in [4.78, 5) is 0. The predicted octanol–water partition coefficient (Wildman–Crippen LogP) is 4.89. The highest BCUT2D eigenvalue weighted by atomic mass is 79.9. The summed E-state index contributed by atoms with van der Waals surface area (Å²) in [5.41, 5.74) is -4.95. The largest absolute Gasteiger partial charge is 0.496 e. The Morgan fingerprint density at radius 1 is 0.917 bits per heavy atom. The number of alkyl halides is 5. The van der Waals surface area contributed by atoms with E-state index >= 15 is 0 Å². The fraction of sp³-hybridized carbons (Fsp3) is 0.250. The van der Waals surface area contributed by atoms with Crippen LogP contribution in [0.4, 0.5) is 22.0 Å². The summed E-state index contributed by atoms with van der Waals surface area (Å²) in [5, 5.41) is 10.7. The van der Waals surface area contributed by atoms with E-state index in [-0.39, 0.29) is 5.75 Å². The Hall–Kier alpha value is -1.67. The minimum atomic E-state index is -5.98. The van der Waals surface area contributed by atoms with E-state index < -0.39 is 28.8 Å². The lowest BCUT2D eigenvalue weighted by Crippen LogP contribution is -2.55. The number of methoxy groups -OCH3 is 1. The summed E-state index contributed by atoms with van der Waals surface area (Å²) >= 11 is 3.07. The average Bonchev–Trinajstić information content (AvgIpc) is 2.53. The first-order valence-corrected chi connectivity index (χ1v) is 7.41. The van der Waals surface area contributed by atoms with Gasteiger partial charge in [-0.15, -0.1) is 0 Å². The van der Waals surface area contributed by atoms with E-state index in [1.54, 1.807) is 0 Å². The zero-order valence-electron chi connectivity index (χ0n) is 12.2. The van der Waals surface area contributed by atoms with E-state index in [1.165, 1.54) is 30.3 Å². The van der Waals surface area contributed by atoms with Gasteiger partial charge in [0.05, 0.1) is 7.11 Å². The number of rotatable bonds is 4. The van der Waals surface area contributed by atoms with E-state index in [0.717, 1.165) is 25.3 Å². The lowest BCUT2D eigenvalue weighted by Gasteiger charge is -2.38. The summed E-state index contributed by atoms with van der Waals surface area (Å²) in [7, 11) is 1.12. The summed E-state index contributed by atoms with van der Waals surface area (Å²) in [6, 6.07) is 9.34. The molecule has 1 unspecified atom stereocenters.